The monoisotopic (exact) mass is 183 g/mol. The summed E-state index contributed by atoms with van der Waals surface area (Å²) < 4.78 is 0. The molecule has 2 aliphatic rings. The third-order valence-electron chi connectivity index (χ3n) is 3.89. The number of hydrogen-bond donors (Lipinski definition) is 1. The highest BCUT2D eigenvalue weighted by Gasteiger charge is 2.47. The Morgan fingerprint density at radius 3 is 2.54 bits per heavy atom. The normalized spacial score (nSPS) is 28.2. The van der Waals surface area contributed by atoms with Crippen LogP contribution in [0.3, 0.4) is 0 Å². The quantitative estimate of drug-likeness (QED) is 0.716. The number of aliphatic hydroxyl groups is 1. The van der Waals surface area contributed by atoms with Crippen LogP contribution in [-0.2, 0) is 0 Å². The Morgan fingerprint density at radius 2 is 2.08 bits per heavy atom. The van der Waals surface area contributed by atoms with Gasteiger partial charge >= 0.3 is 0 Å². The Hall–Kier alpha value is -0.0800. The van der Waals surface area contributed by atoms with Crippen molar-refractivity contribution in [3.8, 4) is 0 Å². The molecule has 0 aromatic heterocycles. The summed E-state index contributed by atoms with van der Waals surface area (Å²) in [6.45, 7) is 5.31. The van der Waals surface area contributed by atoms with Crippen molar-refractivity contribution < 1.29 is 5.11 Å². The molecule has 76 valence electrons. The average Bonchev–Trinajstić information content (AvgIpc) is 1.95. The maximum Gasteiger partial charge on any atom is 0.0431 e. The third-order valence-corrected chi connectivity index (χ3v) is 3.89. The second kappa shape index (κ2) is 3.58. The molecule has 0 aromatic rings. The standard InChI is InChI=1S/C11H21NO/c1-10(4-2-7-13)12-8-11(9-12)5-3-6-11/h10,13H,2-9H2,1H3. The second-order valence-corrected chi connectivity index (χ2v) is 4.97. The van der Waals surface area contributed by atoms with E-state index in [4.69, 9.17) is 5.11 Å². The highest BCUT2D eigenvalue weighted by atomic mass is 16.2. The van der Waals surface area contributed by atoms with Crippen molar-refractivity contribution in [3.05, 3.63) is 0 Å². The Morgan fingerprint density at radius 1 is 1.38 bits per heavy atom. The number of likely N-dealkylation sites (tertiary alicyclic amines) is 1. The molecule has 1 saturated carbocycles. The van der Waals surface area contributed by atoms with Gasteiger partial charge in [0.05, 0.1) is 0 Å². The molecule has 2 rings (SSSR count). The second-order valence-electron chi connectivity index (χ2n) is 4.97. The molecule has 2 nitrogen and oxygen atoms in total. The zero-order chi connectivity index (χ0) is 9.31. The number of hydrogen-bond acceptors (Lipinski definition) is 2. The van der Waals surface area contributed by atoms with Crippen LogP contribution in [0.25, 0.3) is 0 Å². The first-order valence-electron chi connectivity index (χ1n) is 5.61. The molecule has 1 N–H and O–H groups in total. The van der Waals surface area contributed by atoms with Gasteiger partial charge in [-0.2, -0.15) is 0 Å². The van der Waals surface area contributed by atoms with E-state index in [1.54, 1.807) is 0 Å². The van der Waals surface area contributed by atoms with Gasteiger partial charge in [0.25, 0.3) is 0 Å². The molecule has 2 heteroatoms. The summed E-state index contributed by atoms with van der Waals surface area (Å²) in [4.78, 5) is 2.58. The highest BCUT2D eigenvalue weighted by Crippen LogP contribution is 2.48. The summed E-state index contributed by atoms with van der Waals surface area (Å²) in [7, 11) is 0. The highest BCUT2D eigenvalue weighted by molar-refractivity contribution is 5.01. The minimum atomic E-state index is 0.351. The van der Waals surface area contributed by atoms with Gasteiger partial charge in [-0.3, -0.25) is 4.90 Å². The molecule has 13 heavy (non-hydrogen) atoms. The summed E-state index contributed by atoms with van der Waals surface area (Å²) in [6.07, 6.45) is 6.52. The average molecular weight is 183 g/mol. The van der Waals surface area contributed by atoms with Gasteiger partial charge in [-0.25, -0.2) is 0 Å². The van der Waals surface area contributed by atoms with Gasteiger partial charge in [0, 0.05) is 25.7 Å². The van der Waals surface area contributed by atoms with E-state index in [0.29, 0.717) is 12.6 Å². The van der Waals surface area contributed by atoms with Crippen molar-refractivity contribution in [2.45, 2.75) is 45.1 Å². The van der Waals surface area contributed by atoms with E-state index in [0.717, 1.165) is 18.3 Å². The minimum Gasteiger partial charge on any atom is -0.396 e. The van der Waals surface area contributed by atoms with Gasteiger partial charge in [-0.15, -0.1) is 0 Å². The Labute approximate surface area is 80.9 Å². The summed E-state index contributed by atoms with van der Waals surface area (Å²) in [5, 5.41) is 8.73. The molecule has 1 aliphatic heterocycles. The molecule has 1 atom stereocenters. The Kier molecular flexibility index (Phi) is 2.61. The van der Waals surface area contributed by atoms with Gasteiger partial charge in [-0.05, 0) is 38.0 Å². The fourth-order valence-corrected chi connectivity index (χ4v) is 2.69. The van der Waals surface area contributed by atoms with Crippen molar-refractivity contribution >= 4 is 0 Å². The zero-order valence-corrected chi connectivity index (χ0v) is 8.63. The van der Waals surface area contributed by atoms with Crippen molar-refractivity contribution in [1.29, 1.82) is 0 Å². The largest absolute Gasteiger partial charge is 0.396 e. The number of nitrogens with zero attached hydrogens (tertiary/aromatic N) is 1. The zero-order valence-electron chi connectivity index (χ0n) is 8.63. The summed E-state index contributed by atoms with van der Waals surface area (Å²) in [5.41, 5.74) is 0.757. The first kappa shape index (κ1) is 9.47. The van der Waals surface area contributed by atoms with E-state index in [9.17, 15) is 0 Å². The Bertz CT molecular complexity index is 169. The van der Waals surface area contributed by atoms with Crippen LogP contribution in [0.5, 0.6) is 0 Å². The SMILES string of the molecule is CC(CCCO)N1CC2(CCC2)C1. The van der Waals surface area contributed by atoms with Gasteiger partial charge < -0.3 is 5.11 Å². The maximum absolute atomic E-state index is 8.73. The molecule has 2 fully saturated rings. The molecule has 1 unspecified atom stereocenters. The van der Waals surface area contributed by atoms with E-state index in [-0.39, 0.29) is 0 Å². The molecule has 1 spiro atoms. The predicted octanol–water partition coefficient (Wildman–Crippen LogP) is 1.63. The van der Waals surface area contributed by atoms with Gasteiger partial charge in [0.1, 0.15) is 0 Å². The minimum absolute atomic E-state index is 0.351. The first-order valence-corrected chi connectivity index (χ1v) is 5.61. The molecule has 0 aromatic carbocycles. The molecule has 1 heterocycles. The van der Waals surface area contributed by atoms with Crippen molar-refractivity contribution in [2.24, 2.45) is 5.41 Å². The Balaban J connectivity index is 1.66. The van der Waals surface area contributed by atoms with Crippen LogP contribution in [0.1, 0.15) is 39.0 Å². The number of rotatable bonds is 4. The van der Waals surface area contributed by atoms with Crippen LogP contribution in [0, 0.1) is 5.41 Å². The summed E-state index contributed by atoms with van der Waals surface area (Å²) in [5.74, 6) is 0. The molecule has 0 amide bonds. The fourth-order valence-electron chi connectivity index (χ4n) is 2.69. The lowest BCUT2D eigenvalue weighted by Crippen LogP contribution is -2.62. The number of aliphatic hydroxyl groups excluding tert-OH is 1. The topological polar surface area (TPSA) is 23.5 Å². The van der Waals surface area contributed by atoms with Crippen molar-refractivity contribution in [2.75, 3.05) is 19.7 Å². The predicted molar refractivity (Wildman–Crippen MR) is 53.6 cm³/mol. The van der Waals surface area contributed by atoms with E-state index >= 15 is 0 Å². The van der Waals surface area contributed by atoms with Crippen LogP contribution < -0.4 is 0 Å². The lowest BCUT2D eigenvalue weighted by atomic mass is 9.63. The maximum atomic E-state index is 8.73. The van der Waals surface area contributed by atoms with Crippen molar-refractivity contribution in [3.63, 3.8) is 0 Å². The molecular formula is C11H21NO. The van der Waals surface area contributed by atoms with Crippen LogP contribution in [-0.4, -0.2) is 35.7 Å². The van der Waals surface area contributed by atoms with Crippen molar-refractivity contribution in [1.82, 2.24) is 4.90 Å². The molecule has 0 radical (unpaired) electrons. The smallest absolute Gasteiger partial charge is 0.0431 e. The van der Waals surface area contributed by atoms with Crippen LogP contribution in [0.4, 0.5) is 0 Å². The molecule has 1 aliphatic carbocycles. The van der Waals surface area contributed by atoms with Crippen LogP contribution >= 0.6 is 0 Å². The van der Waals surface area contributed by atoms with Crippen LogP contribution in [0.2, 0.25) is 0 Å². The van der Waals surface area contributed by atoms with Gasteiger partial charge in [0.2, 0.25) is 0 Å². The van der Waals surface area contributed by atoms with E-state index < -0.39 is 0 Å². The summed E-state index contributed by atoms with van der Waals surface area (Å²) >= 11 is 0. The van der Waals surface area contributed by atoms with Gasteiger partial charge in [-0.1, -0.05) is 6.42 Å². The lowest BCUT2D eigenvalue weighted by molar-refractivity contribution is -0.0814. The molecule has 0 bridgehead atoms. The molecular weight excluding hydrogens is 162 g/mol. The van der Waals surface area contributed by atoms with E-state index in [2.05, 4.69) is 11.8 Å². The van der Waals surface area contributed by atoms with E-state index in [1.807, 2.05) is 0 Å². The van der Waals surface area contributed by atoms with Crippen LogP contribution in [0.15, 0.2) is 0 Å². The lowest BCUT2D eigenvalue weighted by Gasteiger charge is -2.58. The summed E-state index contributed by atoms with van der Waals surface area (Å²) in [6, 6.07) is 0.693. The fraction of sp³-hybridized carbons (Fsp3) is 1.00. The van der Waals surface area contributed by atoms with E-state index in [1.165, 1.54) is 32.4 Å². The third kappa shape index (κ3) is 1.75. The van der Waals surface area contributed by atoms with Gasteiger partial charge in [0.15, 0.2) is 0 Å². The molecule has 1 saturated heterocycles. The first-order chi connectivity index (χ1) is 6.26.